The molecule has 0 saturated heterocycles. The summed E-state index contributed by atoms with van der Waals surface area (Å²) in [6.07, 6.45) is 1.50. The molecule has 0 aromatic heterocycles. The van der Waals surface area contributed by atoms with E-state index in [2.05, 4.69) is 15.9 Å². The highest BCUT2D eigenvalue weighted by atomic mass is 79.9. The SMILES string of the molecule is O=C1CC2(CCc3c(Br)ccc(O)c32)c2c(O)cccc2O1. The first kappa shape index (κ1) is 13.6. The van der Waals surface area contributed by atoms with Crippen LogP contribution in [-0.2, 0) is 16.6 Å². The molecule has 1 unspecified atom stereocenters. The van der Waals surface area contributed by atoms with Gasteiger partial charge in [0.25, 0.3) is 0 Å². The highest BCUT2D eigenvalue weighted by Gasteiger charge is 2.50. The molecule has 22 heavy (non-hydrogen) atoms. The molecule has 5 heteroatoms. The van der Waals surface area contributed by atoms with Crippen LogP contribution in [0.1, 0.15) is 29.5 Å². The lowest BCUT2D eigenvalue weighted by molar-refractivity contribution is -0.136. The van der Waals surface area contributed by atoms with E-state index < -0.39 is 5.41 Å². The second-order valence-corrected chi connectivity index (χ2v) is 6.66. The van der Waals surface area contributed by atoms with Gasteiger partial charge in [0.15, 0.2) is 0 Å². The quantitative estimate of drug-likeness (QED) is 0.558. The van der Waals surface area contributed by atoms with E-state index in [0.717, 1.165) is 22.0 Å². The minimum atomic E-state index is -0.723. The number of aromatic hydroxyl groups is 2. The van der Waals surface area contributed by atoms with Crippen molar-refractivity contribution in [2.24, 2.45) is 0 Å². The first-order valence-corrected chi connectivity index (χ1v) is 7.86. The van der Waals surface area contributed by atoms with E-state index in [1.807, 2.05) is 0 Å². The van der Waals surface area contributed by atoms with Gasteiger partial charge in [0.05, 0.1) is 6.42 Å². The molecule has 2 N–H and O–H groups in total. The Morgan fingerprint density at radius 2 is 1.86 bits per heavy atom. The van der Waals surface area contributed by atoms with Crippen molar-refractivity contribution in [2.75, 3.05) is 0 Å². The molecule has 0 saturated carbocycles. The monoisotopic (exact) mass is 360 g/mol. The Kier molecular flexibility index (Phi) is 2.78. The largest absolute Gasteiger partial charge is 0.508 e. The molecule has 112 valence electrons. The molecule has 1 atom stereocenters. The number of benzene rings is 2. The van der Waals surface area contributed by atoms with E-state index in [9.17, 15) is 15.0 Å². The second-order valence-electron chi connectivity index (χ2n) is 5.80. The van der Waals surface area contributed by atoms with E-state index in [-0.39, 0.29) is 23.9 Å². The van der Waals surface area contributed by atoms with E-state index in [4.69, 9.17) is 4.74 Å². The molecule has 1 spiro atoms. The van der Waals surface area contributed by atoms with Crippen molar-refractivity contribution < 1.29 is 19.7 Å². The lowest BCUT2D eigenvalue weighted by Crippen LogP contribution is -2.35. The van der Waals surface area contributed by atoms with Crippen LogP contribution in [0, 0.1) is 0 Å². The minimum absolute atomic E-state index is 0.0947. The minimum Gasteiger partial charge on any atom is -0.508 e. The number of fused-ring (bicyclic) bond motifs is 4. The average Bonchev–Trinajstić information content (AvgIpc) is 2.83. The fourth-order valence-corrected chi connectivity index (χ4v) is 4.39. The fourth-order valence-electron chi connectivity index (χ4n) is 3.86. The maximum atomic E-state index is 12.1. The summed E-state index contributed by atoms with van der Waals surface area (Å²) >= 11 is 3.52. The number of carbonyl (C=O) groups is 1. The second kappa shape index (κ2) is 4.49. The van der Waals surface area contributed by atoms with Crippen molar-refractivity contribution in [1.29, 1.82) is 0 Å². The lowest BCUT2D eigenvalue weighted by Gasteiger charge is -2.36. The highest BCUT2D eigenvalue weighted by molar-refractivity contribution is 9.10. The molecular formula is C17H13BrO4. The standard InChI is InChI=1S/C17H13BrO4/c18-10-4-5-12(20)15-9(10)6-7-17(15)8-14(21)22-13-3-1-2-11(19)16(13)17/h1-5,19-20H,6-8H2. The molecular weight excluding hydrogens is 348 g/mol. The number of ether oxygens (including phenoxy) is 1. The Balaban J connectivity index is 2.08. The van der Waals surface area contributed by atoms with Crippen LogP contribution < -0.4 is 4.74 Å². The van der Waals surface area contributed by atoms with Gasteiger partial charge in [-0.15, -0.1) is 0 Å². The summed E-state index contributed by atoms with van der Waals surface area (Å²) in [5.74, 6) is 0.283. The highest BCUT2D eigenvalue weighted by Crippen LogP contribution is 2.57. The number of halogens is 1. The maximum absolute atomic E-state index is 12.1. The third-order valence-corrected chi connectivity index (χ3v) is 5.41. The zero-order valence-corrected chi connectivity index (χ0v) is 13.2. The molecule has 2 aromatic rings. The van der Waals surface area contributed by atoms with Gasteiger partial charge >= 0.3 is 5.97 Å². The van der Waals surface area contributed by atoms with Crippen molar-refractivity contribution in [1.82, 2.24) is 0 Å². The van der Waals surface area contributed by atoms with E-state index in [1.54, 1.807) is 30.3 Å². The molecule has 4 rings (SSSR count). The molecule has 1 aliphatic heterocycles. The summed E-state index contributed by atoms with van der Waals surface area (Å²) in [6, 6.07) is 8.35. The number of carbonyl (C=O) groups excluding carboxylic acids is 1. The maximum Gasteiger partial charge on any atom is 0.312 e. The van der Waals surface area contributed by atoms with Crippen molar-refractivity contribution in [3.8, 4) is 17.2 Å². The normalized spacial score (nSPS) is 22.3. The Morgan fingerprint density at radius 3 is 2.68 bits per heavy atom. The van der Waals surface area contributed by atoms with Crippen LogP contribution in [-0.4, -0.2) is 16.2 Å². The Labute approximate surface area is 135 Å². The first-order valence-electron chi connectivity index (χ1n) is 7.07. The molecule has 2 aromatic carbocycles. The van der Waals surface area contributed by atoms with Crippen molar-refractivity contribution in [3.63, 3.8) is 0 Å². The third kappa shape index (κ3) is 1.66. The van der Waals surface area contributed by atoms with Gasteiger partial charge in [0.1, 0.15) is 17.2 Å². The summed E-state index contributed by atoms with van der Waals surface area (Å²) in [7, 11) is 0. The van der Waals surface area contributed by atoms with Crippen molar-refractivity contribution in [2.45, 2.75) is 24.7 Å². The van der Waals surface area contributed by atoms with E-state index in [1.165, 1.54) is 0 Å². The van der Waals surface area contributed by atoms with Crippen LogP contribution in [0.5, 0.6) is 17.2 Å². The number of hydrogen-bond acceptors (Lipinski definition) is 4. The van der Waals surface area contributed by atoms with Gasteiger partial charge in [-0.2, -0.15) is 0 Å². The molecule has 0 amide bonds. The molecule has 4 nitrogen and oxygen atoms in total. The lowest BCUT2D eigenvalue weighted by atomic mass is 9.70. The predicted molar refractivity (Wildman–Crippen MR) is 83.3 cm³/mol. The van der Waals surface area contributed by atoms with Crippen LogP contribution in [0.3, 0.4) is 0 Å². The summed E-state index contributed by atoms with van der Waals surface area (Å²) < 4.78 is 6.20. The van der Waals surface area contributed by atoms with Crippen LogP contribution in [0.15, 0.2) is 34.8 Å². The van der Waals surface area contributed by atoms with Crippen LogP contribution >= 0.6 is 15.9 Å². The third-order valence-electron chi connectivity index (χ3n) is 4.67. The predicted octanol–water partition coefficient (Wildman–Crippen LogP) is 3.40. The average molecular weight is 361 g/mol. The summed E-state index contributed by atoms with van der Waals surface area (Å²) in [6.45, 7) is 0. The van der Waals surface area contributed by atoms with Crippen LogP contribution in [0.2, 0.25) is 0 Å². The first-order chi connectivity index (χ1) is 10.5. The van der Waals surface area contributed by atoms with Gasteiger partial charge < -0.3 is 14.9 Å². The van der Waals surface area contributed by atoms with Crippen molar-refractivity contribution >= 4 is 21.9 Å². The van der Waals surface area contributed by atoms with Gasteiger partial charge in [-0.1, -0.05) is 22.0 Å². The van der Waals surface area contributed by atoms with Crippen molar-refractivity contribution in [3.05, 3.63) is 51.5 Å². The number of esters is 1. The number of phenols is 2. The van der Waals surface area contributed by atoms with E-state index in [0.29, 0.717) is 17.7 Å². The van der Waals surface area contributed by atoms with Gasteiger partial charge in [-0.3, -0.25) is 4.79 Å². The van der Waals surface area contributed by atoms with Gasteiger partial charge in [-0.25, -0.2) is 0 Å². The van der Waals surface area contributed by atoms with Gasteiger partial charge in [-0.05, 0) is 42.7 Å². The zero-order valence-electron chi connectivity index (χ0n) is 11.6. The molecule has 0 fully saturated rings. The molecule has 0 bridgehead atoms. The van der Waals surface area contributed by atoms with Crippen LogP contribution in [0.4, 0.5) is 0 Å². The fraction of sp³-hybridized carbons (Fsp3) is 0.235. The Hall–Kier alpha value is -2.01. The molecule has 0 radical (unpaired) electrons. The molecule has 2 aliphatic rings. The topological polar surface area (TPSA) is 66.8 Å². The smallest absolute Gasteiger partial charge is 0.312 e. The number of phenolic OH excluding ortho intramolecular Hbond substituents is 2. The zero-order chi connectivity index (χ0) is 15.5. The van der Waals surface area contributed by atoms with Gasteiger partial charge in [0, 0.05) is 21.0 Å². The van der Waals surface area contributed by atoms with Crippen LogP contribution in [0.25, 0.3) is 0 Å². The number of hydrogen-bond donors (Lipinski definition) is 2. The Morgan fingerprint density at radius 1 is 1.09 bits per heavy atom. The Bertz CT molecular complexity index is 815. The van der Waals surface area contributed by atoms with E-state index >= 15 is 0 Å². The summed E-state index contributed by atoms with van der Waals surface area (Å²) in [5, 5.41) is 20.8. The summed E-state index contributed by atoms with van der Waals surface area (Å²) in [5.41, 5.74) is 1.59. The summed E-state index contributed by atoms with van der Waals surface area (Å²) in [4.78, 5) is 12.1. The molecule has 1 heterocycles. The van der Waals surface area contributed by atoms with Gasteiger partial charge in [0.2, 0.25) is 0 Å². The molecule has 1 aliphatic carbocycles. The number of rotatable bonds is 0.